The van der Waals surface area contributed by atoms with Gasteiger partial charge in [0.05, 0.1) is 6.54 Å². The summed E-state index contributed by atoms with van der Waals surface area (Å²) in [7, 11) is 1.74. The maximum Gasteiger partial charge on any atom is 0.251 e. The number of guanidine groups is 1. The molecule has 8 heteroatoms. The maximum atomic E-state index is 11.9. The second-order valence-electron chi connectivity index (χ2n) is 7.12. The molecule has 0 heterocycles. The van der Waals surface area contributed by atoms with E-state index in [9.17, 15) is 9.59 Å². The second kappa shape index (κ2) is 12.0. The van der Waals surface area contributed by atoms with Crippen molar-refractivity contribution in [2.75, 3.05) is 26.7 Å². The molecule has 0 aromatic heterocycles. The molecule has 1 aromatic rings. The first-order valence-electron chi connectivity index (χ1n) is 9.60. The lowest BCUT2D eigenvalue weighted by molar-refractivity contribution is -0.117. The van der Waals surface area contributed by atoms with Gasteiger partial charge in [0.2, 0.25) is 5.91 Å². The largest absolute Gasteiger partial charge is 0.368 e. The van der Waals surface area contributed by atoms with Crippen LogP contribution in [0.3, 0.4) is 0 Å². The molecule has 0 radical (unpaired) electrons. The van der Waals surface area contributed by atoms with E-state index in [0.29, 0.717) is 24.2 Å². The first kappa shape index (κ1) is 23.4. The van der Waals surface area contributed by atoms with E-state index in [4.69, 9.17) is 5.73 Å². The summed E-state index contributed by atoms with van der Waals surface area (Å²) in [6, 6.07) is 8.14. The summed E-state index contributed by atoms with van der Waals surface area (Å²) >= 11 is 0. The number of benzene rings is 1. The van der Waals surface area contributed by atoms with Crippen molar-refractivity contribution in [3.63, 3.8) is 0 Å². The van der Waals surface area contributed by atoms with Gasteiger partial charge in [0, 0.05) is 44.3 Å². The molecule has 0 aliphatic carbocycles. The Kier molecular flexibility index (Phi) is 10.0. The molecule has 0 atom stereocenters. The van der Waals surface area contributed by atoms with Gasteiger partial charge >= 0.3 is 0 Å². The maximum absolute atomic E-state index is 11.9. The van der Waals surface area contributed by atoms with Crippen LogP contribution in [0.4, 0.5) is 0 Å². The molecule has 0 spiro atoms. The molecule has 0 saturated heterocycles. The number of primary amides is 1. The number of nitrogens with zero attached hydrogens (tertiary/aromatic N) is 2. The van der Waals surface area contributed by atoms with Crippen molar-refractivity contribution < 1.29 is 9.59 Å². The van der Waals surface area contributed by atoms with Crippen LogP contribution in [0.25, 0.3) is 0 Å². The molecule has 0 bridgehead atoms. The lowest BCUT2D eigenvalue weighted by atomic mass is 10.1. The first-order valence-corrected chi connectivity index (χ1v) is 9.60. The third-order valence-electron chi connectivity index (χ3n) is 4.31. The molecule has 1 rings (SSSR count). The minimum absolute atomic E-state index is 0.171. The summed E-state index contributed by atoms with van der Waals surface area (Å²) < 4.78 is 0. The zero-order valence-corrected chi connectivity index (χ0v) is 17.6. The summed E-state index contributed by atoms with van der Waals surface area (Å²) in [5.41, 5.74) is 6.52. The fourth-order valence-electron chi connectivity index (χ4n) is 2.87. The molecule has 0 aliphatic heterocycles. The van der Waals surface area contributed by atoms with E-state index in [1.54, 1.807) is 19.2 Å². The number of carbonyl (C=O) groups excluding carboxylic acids is 2. The zero-order valence-electron chi connectivity index (χ0n) is 17.6. The second-order valence-corrected chi connectivity index (χ2v) is 7.12. The average molecular weight is 391 g/mol. The number of nitrogens with two attached hydrogens (primary N) is 1. The molecular weight excluding hydrogens is 356 g/mol. The molecular formula is C20H34N6O2. The minimum atomic E-state index is -0.571. The lowest BCUT2D eigenvalue weighted by Gasteiger charge is -2.30. The van der Waals surface area contributed by atoms with Crippen LogP contribution in [0.1, 0.15) is 43.6 Å². The van der Waals surface area contributed by atoms with E-state index in [-0.39, 0.29) is 12.5 Å². The van der Waals surface area contributed by atoms with Crippen LogP contribution < -0.4 is 21.7 Å². The van der Waals surface area contributed by atoms with Gasteiger partial charge < -0.3 is 21.7 Å². The van der Waals surface area contributed by atoms with Gasteiger partial charge in [0.1, 0.15) is 0 Å². The molecule has 1 aromatic carbocycles. The number of nitrogens with one attached hydrogen (secondary N) is 3. The first-order chi connectivity index (χ1) is 13.2. The fraction of sp³-hybridized carbons (Fsp3) is 0.550. The Morgan fingerprint density at radius 3 is 2.14 bits per heavy atom. The zero-order chi connectivity index (χ0) is 21.1. The van der Waals surface area contributed by atoms with Crippen LogP contribution in [-0.2, 0) is 11.3 Å². The van der Waals surface area contributed by atoms with Crippen LogP contribution in [0.5, 0.6) is 0 Å². The van der Waals surface area contributed by atoms with Crippen molar-refractivity contribution in [3.05, 3.63) is 35.4 Å². The predicted octanol–water partition coefficient (Wildman–Crippen LogP) is 0.686. The van der Waals surface area contributed by atoms with Gasteiger partial charge in [-0.3, -0.25) is 19.5 Å². The van der Waals surface area contributed by atoms with Crippen molar-refractivity contribution in [2.24, 2.45) is 10.7 Å². The van der Waals surface area contributed by atoms with Crippen LogP contribution in [0.15, 0.2) is 29.3 Å². The predicted molar refractivity (Wildman–Crippen MR) is 113 cm³/mol. The third-order valence-corrected chi connectivity index (χ3v) is 4.31. The van der Waals surface area contributed by atoms with Crippen molar-refractivity contribution in [1.82, 2.24) is 20.9 Å². The molecule has 0 saturated carbocycles. The number of carbonyl (C=O) groups is 2. The van der Waals surface area contributed by atoms with Gasteiger partial charge in [-0.2, -0.15) is 0 Å². The summed E-state index contributed by atoms with van der Waals surface area (Å²) in [6.45, 7) is 10.9. The van der Waals surface area contributed by atoms with Crippen molar-refractivity contribution in [1.29, 1.82) is 0 Å². The van der Waals surface area contributed by atoms with Gasteiger partial charge in [-0.05, 0) is 45.4 Å². The molecule has 0 unspecified atom stereocenters. The monoisotopic (exact) mass is 390 g/mol. The number of amides is 2. The van der Waals surface area contributed by atoms with Crippen LogP contribution in [0, 0.1) is 0 Å². The van der Waals surface area contributed by atoms with Gasteiger partial charge in [-0.1, -0.05) is 12.1 Å². The number of aliphatic imine (C=N–C) groups is 1. The summed E-state index contributed by atoms with van der Waals surface area (Å²) in [6.07, 6.45) is 0. The minimum Gasteiger partial charge on any atom is -0.368 e. The Hall–Kier alpha value is -2.61. The fourth-order valence-corrected chi connectivity index (χ4v) is 2.87. The Morgan fingerprint density at radius 2 is 1.64 bits per heavy atom. The molecule has 2 amide bonds. The van der Waals surface area contributed by atoms with E-state index >= 15 is 0 Å². The van der Waals surface area contributed by atoms with Crippen LogP contribution >= 0.6 is 0 Å². The Balaban J connectivity index is 2.47. The SMILES string of the molecule is CN=C(NCCN(C(C)C)C(C)C)NCc1ccc(C(=O)NCC(N)=O)cc1. The van der Waals surface area contributed by atoms with Gasteiger partial charge in [-0.15, -0.1) is 0 Å². The molecule has 28 heavy (non-hydrogen) atoms. The summed E-state index contributed by atoms with van der Waals surface area (Å²) in [5.74, 6) is -0.163. The molecule has 0 fully saturated rings. The van der Waals surface area contributed by atoms with Crippen LogP contribution in [-0.4, -0.2) is 61.4 Å². The van der Waals surface area contributed by atoms with E-state index in [2.05, 4.69) is 53.5 Å². The lowest BCUT2D eigenvalue weighted by Crippen LogP contribution is -2.45. The smallest absolute Gasteiger partial charge is 0.251 e. The van der Waals surface area contributed by atoms with Crippen molar-refractivity contribution >= 4 is 17.8 Å². The highest BCUT2D eigenvalue weighted by Gasteiger charge is 2.12. The Labute approximate surface area is 168 Å². The number of rotatable bonds is 10. The van der Waals surface area contributed by atoms with E-state index < -0.39 is 5.91 Å². The number of hydrogen-bond donors (Lipinski definition) is 4. The van der Waals surface area contributed by atoms with E-state index in [1.807, 2.05) is 12.1 Å². The molecule has 0 aliphatic rings. The topological polar surface area (TPSA) is 112 Å². The normalized spacial score (nSPS) is 11.8. The highest BCUT2D eigenvalue weighted by atomic mass is 16.2. The standard InChI is InChI=1S/C20H34N6O2/c1-14(2)26(15(3)4)11-10-23-20(22-5)25-12-16-6-8-17(9-7-16)19(28)24-13-18(21)27/h6-9,14-15H,10-13H2,1-5H3,(H2,21,27)(H,24,28)(H2,22,23,25). The Morgan fingerprint density at radius 1 is 1.04 bits per heavy atom. The molecule has 5 N–H and O–H groups in total. The highest BCUT2D eigenvalue weighted by Crippen LogP contribution is 2.05. The van der Waals surface area contributed by atoms with E-state index in [1.165, 1.54) is 0 Å². The van der Waals surface area contributed by atoms with Crippen molar-refractivity contribution in [2.45, 2.75) is 46.3 Å². The molecule has 156 valence electrons. The van der Waals surface area contributed by atoms with Gasteiger partial charge in [0.25, 0.3) is 5.91 Å². The summed E-state index contributed by atoms with van der Waals surface area (Å²) in [4.78, 5) is 29.3. The van der Waals surface area contributed by atoms with Crippen molar-refractivity contribution in [3.8, 4) is 0 Å². The highest BCUT2D eigenvalue weighted by molar-refractivity contribution is 5.96. The Bertz CT molecular complexity index is 647. The summed E-state index contributed by atoms with van der Waals surface area (Å²) in [5, 5.41) is 9.05. The third kappa shape index (κ3) is 8.39. The number of hydrogen-bond acceptors (Lipinski definition) is 4. The van der Waals surface area contributed by atoms with Gasteiger partial charge in [-0.25, -0.2) is 0 Å². The van der Waals surface area contributed by atoms with E-state index in [0.717, 1.165) is 24.6 Å². The van der Waals surface area contributed by atoms with Crippen LogP contribution in [0.2, 0.25) is 0 Å². The molecule has 8 nitrogen and oxygen atoms in total. The quantitative estimate of drug-likeness (QED) is 0.347. The van der Waals surface area contributed by atoms with Gasteiger partial charge in [0.15, 0.2) is 5.96 Å². The average Bonchev–Trinajstić information content (AvgIpc) is 2.65.